The SMILES string of the molecule is CCCCC(Sc1nc2ccccc2c(=O)n1-c1cccc(-c2ccc(F)cc2C)c1)C(=O)N1CCC(C(N)=O)CC1. The van der Waals surface area contributed by atoms with Crippen molar-refractivity contribution >= 4 is 34.5 Å². The molecular formula is C33H35FN4O3S. The van der Waals surface area contributed by atoms with Gasteiger partial charge in [0.05, 0.1) is 21.8 Å². The smallest absolute Gasteiger partial charge is 0.266 e. The fraction of sp³-hybridized carbons (Fsp3) is 0.333. The second kappa shape index (κ2) is 12.9. The molecule has 1 unspecified atom stereocenters. The molecule has 218 valence electrons. The first kappa shape index (κ1) is 29.5. The molecule has 0 saturated carbocycles. The second-order valence-corrected chi connectivity index (χ2v) is 12.0. The number of aromatic nitrogens is 2. The summed E-state index contributed by atoms with van der Waals surface area (Å²) < 4.78 is 15.4. The zero-order chi connectivity index (χ0) is 29.8. The molecule has 1 atom stereocenters. The first-order valence-corrected chi connectivity index (χ1v) is 15.3. The molecular weight excluding hydrogens is 551 g/mol. The Bertz CT molecular complexity index is 1680. The van der Waals surface area contributed by atoms with Gasteiger partial charge in [0, 0.05) is 19.0 Å². The molecule has 3 aromatic carbocycles. The molecule has 1 aliphatic rings. The van der Waals surface area contributed by atoms with Crippen LogP contribution in [-0.2, 0) is 9.59 Å². The number of benzene rings is 3. The molecule has 2 amide bonds. The van der Waals surface area contributed by atoms with Crippen LogP contribution in [0.2, 0.25) is 0 Å². The van der Waals surface area contributed by atoms with E-state index < -0.39 is 5.25 Å². The highest BCUT2D eigenvalue weighted by Crippen LogP contribution is 2.32. The van der Waals surface area contributed by atoms with Gasteiger partial charge in [-0.3, -0.25) is 19.0 Å². The number of halogens is 1. The number of carbonyl (C=O) groups is 2. The van der Waals surface area contributed by atoms with Gasteiger partial charge in [-0.15, -0.1) is 0 Å². The number of likely N-dealkylation sites (tertiary alicyclic amines) is 1. The number of primary amides is 1. The fourth-order valence-corrected chi connectivity index (χ4v) is 6.75. The lowest BCUT2D eigenvalue weighted by Gasteiger charge is -2.33. The van der Waals surface area contributed by atoms with Crippen molar-refractivity contribution in [3.05, 3.63) is 88.5 Å². The van der Waals surface area contributed by atoms with E-state index >= 15 is 0 Å². The minimum atomic E-state index is -0.447. The van der Waals surface area contributed by atoms with Crippen molar-refractivity contribution in [2.24, 2.45) is 11.7 Å². The number of unbranched alkanes of at least 4 members (excludes halogenated alkanes) is 1. The van der Waals surface area contributed by atoms with Gasteiger partial charge in [0.25, 0.3) is 5.56 Å². The van der Waals surface area contributed by atoms with Gasteiger partial charge >= 0.3 is 0 Å². The van der Waals surface area contributed by atoms with Crippen LogP contribution in [0.3, 0.4) is 0 Å². The third-order valence-corrected chi connectivity index (χ3v) is 9.11. The Kier molecular flexibility index (Phi) is 9.06. The summed E-state index contributed by atoms with van der Waals surface area (Å²) in [6.45, 7) is 4.89. The summed E-state index contributed by atoms with van der Waals surface area (Å²) in [7, 11) is 0. The van der Waals surface area contributed by atoms with Gasteiger partial charge in [-0.1, -0.05) is 61.9 Å². The minimum absolute atomic E-state index is 0.0129. The van der Waals surface area contributed by atoms with Crippen molar-refractivity contribution in [3.8, 4) is 16.8 Å². The molecule has 0 bridgehead atoms. The van der Waals surface area contributed by atoms with Crippen molar-refractivity contribution in [2.45, 2.75) is 56.4 Å². The highest BCUT2D eigenvalue weighted by Gasteiger charge is 2.31. The van der Waals surface area contributed by atoms with Gasteiger partial charge in [-0.25, -0.2) is 9.37 Å². The van der Waals surface area contributed by atoms with Gasteiger partial charge in [0.15, 0.2) is 5.16 Å². The summed E-state index contributed by atoms with van der Waals surface area (Å²) >= 11 is 1.31. The van der Waals surface area contributed by atoms with Crippen LogP contribution in [0.1, 0.15) is 44.6 Å². The molecule has 2 heterocycles. The number of carbonyl (C=O) groups excluding carboxylic acids is 2. The highest BCUT2D eigenvalue weighted by atomic mass is 32.2. The minimum Gasteiger partial charge on any atom is -0.369 e. The van der Waals surface area contributed by atoms with Gasteiger partial charge in [0.2, 0.25) is 11.8 Å². The maximum atomic E-state index is 14.0. The van der Waals surface area contributed by atoms with Crippen molar-refractivity contribution in [1.29, 1.82) is 0 Å². The second-order valence-electron chi connectivity index (χ2n) is 10.8. The summed E-state index contributed by atoms with van der Waals surface area (Å²) in [5.74, 6) is -0.842. The first-order chi connectivity index (χ1) is 20.3. The molecule has 4 aromatic rings. The molecule has 0 aliphatic carbocycles. The normalized spacial score (nSPS) is 14.7. The summed E-state index contributed by atoms with van der Waals surface area (Å²) in [5, 5.41) is 0.472. The van der Waals surface area contributed by atoms with Crippen LogP contribution in [0.5, 0.6) is 0 Å². The topological polar surface area (TPSA) is 98.3 Å². The van der Waals surface area contributed by atoms with Crippen molar-refractivity contribution < 1.29 is 14.0 Å². The lowest BCUT2D eigenvalue weighted by Crippen LogP contribution is -2.45. The Morgan fingerprint density at radius 1 is 1.07 bits per heavy atom. The molecule has 2 N–H and O–H groups in total. The highest BCUT2D eigenvalue weighted by molar-refractivity contribution is 8.00. The Morgan fingerprint density at radius 2 is 1.83 bits per heavy atom. The molecule has 1 saturated heterocycles. The number of nitrogens with two attached hydrogens (primary N) is 1. The number of rotatable bonds is 9. The molecule has 0 radical (unpaired) electrons. The van der Waals surface area contributed by atoms with E-state index in [2.05, 4.69) is 6.92 Å². The van der Waals surface area contributed by atoms with E-state index in [9.17, 15) is 18.8 Å². The molecule has 0 spiro atoms. The number of para-hydroxylation sites is 1. The standard InChI is InChI=1S/C33H35FN4O3S/c1-3-4-12-29(32(41)37-17-15-22(16-18-37)30(35)39)42-33-36-28-11-6-5-10-27(28)31(40)38(33)25-9-7-8-23(20-25)26-14-13-24(34)19-21(26)2/h5-11,13-14,19-20,22,29H,3-4,12,15-18H2,1-2H3,(H2,35,39). The Balaban J connectivity index is 1.56. The zero-order valence-corrected chi connectivity index (χ0v) is 24.7. The number of piperidine rings is 1. The predicted octanol–water partition coefficient (Wildman–Crippen LogP) is 5.88. The lowest BCUT2D eigenvalue weighted by atomic mass is 9.96. The molecule has 5 rings (SSSR count). The molecule has 1 aromatic heterocycles. The van der Waals surface area contributed by atoms with Crippen LogP contribution in [0.4, 0.5) is 4.39 Å². The van der Waals surface area contributed by atoms with E-state index in [0.29, 0.717) is 54.1 Å². The molecule has 1 fully saturated rings. The van der Waals surface area contributed by atoms with Crippen molar-refractivity contribution in [3.63, 3.8) is 0 Å². The van der Waals surface area contributed by atoms with E-state index in [1.165, 1.54) is 23.9 Å². The maximum Gasteiger partial charge on any atom is 0.266 e. The predicted molar refractivity (Wildman–Crippen MR) is 165 cm³/mol. The maximum absolute atomic E-state index is 14.0. The zero-order valence-electron chi connectivity index (χ0n) is 23.9. The van der Waals surface area contributed by atoms with Crippen LogP contribution in [0.15, 0.2) is 76.7 Å². The third kappa shape index (κ3) is 6.26. The summed E-state index contributed by atoms with van der Waals surface area (Å²) in [6.07, 6.45) is 3.51. The number of aryl methyl sites for hydroxylation is 1. The number of thioether (sulfide) groups is 1. The molecule has 1 aliphatic heterocycles. The summed E-state index contributed by atoms with van der Waals surface area (Å²) in [5.41, 5.74) is 8.96. The van der Waals surface area contributed by atoms with Crippen LogP contribution in [0.25, 0.3) is 27.7 Å². The average Bonchev–Trinajstić information content (AvgIpc) is 2.99. The number of hydrogen-bond acceptors (Lipinski definition) is 5. The molecule has 42 heavy (non-hydrogen) atoms. The molecule has 9 heteroatoms. The number of nitrogens with zero attached hydrogens (tertiary/aromatic N) is 3. The molecule has 7 nitrogen and oxygen atoms in total. The van der Waals surface area contributed by atoms with E-state index in [1.807, 2.05) is 48.2 Å². The van der Waals surface area contributed by atoms with Crippen molar-refractivity contribution in [1.82, 2.24) is 14.5 Å². The number of hydrogen-bond donors (Lipinski definition) is 1. The lowest BCUT2D eigenvalue weighted by molar-refractivity contribution is -0.134. The van der Waals surface area contributed by atoms with E-state index in [1.54, 1.807) is 22.8 Å². The van der Waals surface area contributed by atoms with E-state index in [4.69, 9.17) is 10.7 Å². The third-order valence-electron chi connectivity index (χ3n) is 7.90. The van der Waals surface area contributed by atoms with Gasteiger partial charge in [0.1, 0.15) is 5.82 Å². The van der Waals surface area contributed by atoms with E-state index in [-0.39, 0.29) is 29.1 Å². The summed E-state index contributed by atoms with van der Waals surface area (Å²) in [4.78, 5) is 46.2. The Labute approximate surface area is 248 Å². The van der Waals surface area contributed by atoms with Gasteiger partial charge in [-0.2, -0.15) is 0 Å². The number of fused-ring (bicyclic) bond motifs is 1. The Morgan fingerprint density at radius 3 is 2.55 bits per heavy atom. The van der Waals surface area contributed by atoms with Crippen LogP contribution < -0.4 is 11.3 Å². The van der Waals surface area contributed by atoms with Gasteiger partial charge in [-0.05, 0) is 79.3 Å². The van der Waals surface area contributed by atoms with Gasteiger partial charge < -0.3 is 10.6 Å². The largest absolute Gasteiger partial charge is 0.369 e. The quantitative estimate of drug-likeness (QED) is 0.195. The van der Waals surface area contributed by atoms with Crippen LogP contribution in [0, 0.1) is 18.7 Å². The van der Waals surface area contributed by atoms with Crippen LogP contribution in [-0.4, -0.2) is 44.6 Å². The Hall–Kier alpha value is -3.98. The fourth-order valence-electron chi connectivity index (χ4n) is 5.52. The average molecular weight is 587 g/mol. The number of amides is 2. The monoisotopic (exact) mass is 586 g/mol. The first-order valence-electron chi connectivity index (χ1n) is 14.4. The van der Waals surface area contributed by atoms with Crippen LogP contribution >= 0.6 is 11.8 Å². The van der Waals surface area contributed by atoms with E-state index in [0.717, 1.165) is 29.5 Å². The van der Waals surface area contributed by atoms with Crippen molar-refractivity contribution in [2.75, 3.05) is 13.1 Å². The summed E-state index contributed by atoms with van der Waals surface area (Å²) in [6, 6.07) is 19.4.